The van der Waals surface area contributed by atoms with Crippen molar-refractivity contribution >= 4 is 0 Å². The van der Waals surface area contributed by atoms with Crippen molar-refractivity contribution in [3.63, 3.8) is 0 Å². The molecule has 0 radical (unpaired) electrons. The Morgan fingerprint density at radius 3 is 2.59 bits per heavy atom. The van der Waals surface area contributed by atoms with Crippen LogP contribution in [0.25, 0.3) is 0 Å². The Hall–Kier alpha value is -1.03. The van der Waals surface area contributed by atoms with Crippen LogP contribution in [-0.4, -0.2) is 13.1 Å². The summed E-state index contributed by atoms with van der Waals surface area (Å²) < 4.78 is 37.3. The van der Waals surface area contributed by atoms with Crippen molar-refractivity contribution in [3.05, 3.63) is 35.4 Å². The number of hydrogen-bond acceptors (Lipinski definition) is 1. The molecule has 1 aromatic rings. The van der Waals surface area contributed by atoms with Gasteiger partial charge in [0.05, 0.1) is 5.56 Å². The van der Waals surface area contributed by atoms with Crippen molar-refractivity contribution in [1.82, 2.24) is 5.32 Å². The second kappa shape index (κ2) is 6.64. The predicted octanol–water partition coefficient (Wildman–Crippen LogP) is 3.64. The molecule has 0 saturated carbocycles. The molecule has 1 rings (SSSR count). The van der Waals surface area contributed by atoms with Gasteiger partial charge in [-0.05, 0) is 44.0 Å². The van der Waals surface area contributed by atoms with Gasteiger partial charge in [0.25, 0.3) is 0 Å². The summed E-state index contributed by atoms with van der Waals surface area (Å²) in [4.78, 5) is 0. The van der Waals surface area contributed by atoms with Crippen molar-refractivity contribution in [2.75, 3.05) is 13.1 Å². The van der Waals surface area contributed by atoms with Gasteiger partial charge in [0.1, 0.15) is 0 Å². The maximum atomic E-state index is 12.4. The summed E-state index contributed by atoms with van der Waals surface area (Å²) in [6.07, 6.45) is -1.63. The first kappa shape index (κ1) is 14.0. The summed E-state index contributed by atoms with van der Waals surface area (Å²) in [5, 5.41) is 3.19. The molecule has 0 aromatic heterocycles. The molecule has 0 amide bonds. The van der Waals surface area contributed by atoms with Crippen LogP contribution in [0.2, 0.25) is 0 Å². The molecule has 1 nitrogen and oxygen atoms in total. The van der Waals surface area contributed by atoms with Gasteiger partial charge in [0.2, 0.25) is 0 Å². The average Bonchev–Trinajstić information content (AvgIpc) is 2.28. The lowest BCUT2D eigenvalue weighted by Gasteiger charge is -2.08. The topological polar surface area (TPSA) is 12.0 Å². The molecule has 0 bridgehead atoms. The molecule has 0 aliphatic rings. The Morgan fingerprint density at radius 2 is 1.94 bits per heavy atom. The highest BCUT2D eigenvalue weighted by molar-refractivity contribution is 5.25. The minimum Gasteiger partial charge on any atom is -0.317 e. The molecule has 0 heterocycles. The van der Waals surface area contributed by atoms with Crippen molar-refractivity contribution in [1.29, 1.82) is 0 Å². The van der Waals surface area contributed by atoms with Gasteiger partial charge < -0.3 is 5.32 Å². The summed E-state index contributed by atoms with van der Waals surface area (Å²) >= 11 is 0. The number of benzene rings is 1. The zero-order chi connectivity index (χ0) is 12.7. The van der Waals surface area contributed by atoms with Crippen LogP contribution in [-0.2, 0) is 12.6 Å². The molecular weight excluding hydrogens is 227 g/mol. The molecule has 4 heteroatoms. The van der Waals surface area contributed by atoms with E-state index in [9.17, 15) is 13.2 Å². The summed E-state index contributed by atoms with van der Waals surface area (Å²) in [6, 6.07) is 5.58. The van der Waals surface area contributed by atoms with E-state index in [4.69, 9.17) is 0 Å². The Labute approximate surface area is 100 Å². The molecule has 0 unspecified atom stereocenters. The fourth-order valence-corrected chi connectivity index (χ4v) is 1.66. The van der Waals surface area contributed by atoms with Crippen LogP contribution in [0.4, 0.5) is 13.2 Å². The summed E-state index contributed by atoms with van der Waals surface area (Å²) in [5.74, 6) is 0. The van der Waals surface area contributed by atoms with Gasteiger partial charge in [-0.2, -0.15) is 13.2 Å². The lowest BCUT2D eigenvalue weighted by Crippen LogP contribution is -2.14. The van der Waals surface area contributed by atoms with E-state index in [0.717, 1.165) is 37.6 Å². The number of rotatable bonds is 6. The van der Waals surface area contributed by atoms with E-state index < -0.39 is 11.7 Å². The third-order valence-corrected chi connectivity index (χ3v) is 2.57. The predicted molar refractivity (Wildman–Crippen MR) is 62.9 cm³/mol. The minimum atomic E-state index is -4.24. The SMILES string of the molecule is CCNCCCCc1cccc(C(F)(F)F)c1. The van der Waals surface area contributed by atoms with Crippen molar-refractivity contribution in [3.8, 4) is 0 Å². The second-order valence-corrected chi connectivity index (χ2v) is 4.01. The number of unbranched alkanes of at least 4 members (excludes halogenated alkanes) is 1. The molecule has 0 fully saturated rings. The molecule has 17 heavy (non-hydrogen) atoms. The molecular formula is C13H18F3N. The lowest BCUT2D eigenvalue weighted by atomic mass is 10.1. The van der Waals surface area contributed by atoms with Gasteiger partial charge in [-0.15, -0.1) is 0 Å². The van der Waals surface area contributed by atoms with Crippen molar-refractivity contribution < 1.29 is 13.2 Å². The Balaban J connectivity index is 2.44. The molecule has 1 aromatic carbocycles. The van der Waals surface area contributed by atoms with Crippen LogP contribution in [0.1, 0.15) is 30.9 Å². The number of nitrogens with one attached hydrogen (secondary N) is 1. The third-order valence-electron chi connectivity index (χ3n) is 2.57. The van der Waals surface area contributed by atoms with Gasteiger partial charge in [-0.25, -0.2) is 0 Å². The normalized spacial score (nSPS) is 11.8. The number of alkyl halides is 3. The fourth-order valence-electron chi connectivity index (χ4n) is 1.66. The van der Waals surface area contributed by atoms with E-state index >= 15 is 0 Å². The Kier molecular flexibility index (Phi) is 5.48. The van der Waals surface area contributed by atoms with Crippen LogP contribution in [0, 0.1) is 0 Å². The maximum Gasteiger partial charge on any atom is 0.416 e. The van der Waals surface area contributed by atoms with Gasteiger partial charge in [0.15, 0.2) is 0 Å². The highest BCUT2D eigenvalue weighted by atomic mass is 19.4. The first-order valence-electron chi connectivity index (χ1n) is 5.91. The number of halogens is 3. The van der Waals surface area contributed by atoms with E-state index in [2.05, 4.69) is 5.32 Å². The summed E-state index contributed by atoms with van der Waals surface area (Å²) in [5.41, 5.74) is 0.206. The van der Waals surface area contributed by atoms with Crippen LogP contribution in [0.3, 0.4) is 0 Å². The monoisotopic (exact) mass is 245 g/mol. The van der Waals surface area contributed by atoms with E-state index in [1.54, 1.807) is 6.07 Å². The molecule has 0 saturated heterocycles. The van der Waals surface area contributed by atoms with Crippen LogP contribution in [0.15, 0.2) is 24.3 Å². The first-order valence-corrected chi connectivity index (χ1v) is 5.91. The first-order chi connectivity index (χ1) is 8.04. The van der Waals surface area contributed by atoms with Gasteiger partial charge >= 0.3 is 6.18 Å². The standard InChI is InChI=1S/C13H18F3N/c1-2-17-9-4-3-6-11-7-5-8-12(10-11)13(14,15)16/h5,7-8,10,17H,2-4,6,9H2,1H3. The molecule has 0 aliphatic carbocycles. The summed E-state index contributed by atoms with van der Waals surface area (Å²) in [7, 11) is 0. The van der Waals surface area contributed by atoms with E-state index in [-0.39, 0.29) is 0 Å². The maximum absolute atomic E-state index is 12.4. The molecule has 1 N–H and O–H groups in total. The molecule has 96 valence electrons. The van der Waals surface area contributed by atoms with Gasteiger partial charge in [-0.3, -0.25) is 0 Å². The van der Waals surface area contributed by atoms with E-state index in [1.807, 2.05) is 6.92 Å². The largest absolute Gasteiger partial charge is 0.416 e. The second-order valence-electron chi connectivity index (χ2n) is 4.01. The van der Waals surface area contributed by atoms with Crippen LogP contribution in [0.5, 0.6) is 0 Å². The van der Waals surface area contributed by atoms with E-state index in [0.29, 0.717) is 6.42 Å². The molecule has 0 aliphatic heterocycles. The highest BCUT2D eigenvalue weighted by Crippen LogP contribution is 2.29. The number of hydrogen-bond donors (Lipinski definition) is 1. The third kappa shape index (κ3) is 5.22. The van der Waals surface area contributed by atoms with Gasteiger partial charge in [0, 0.05) is 0 Å². The molecule has 0 spiro atoms. The minimum absolute atomic E-state index is 0.554. The quantitative estimate of drug-likeness (QED) is 0.754. The van der Waals surface area contributed by atoms with Gasteiger partial charge in [-0.1, -0.05) is 25.1 Å². The van der Waals surface area contributed by atoms with E-state index in [1.165, 1.54) is 12.1 Å². The number of aryl methyl sites for hydroxylation is 1. The Morgan fingerprint density at radius 1 is 1.18 bits per heavy atom. The summed E-state index contributed by atoms with van der Waals surface area (Å²) in [6.45, 7) is 3.89. The Bertz CT molecular complexity index is 334. The van der Waals surface area contributed by atoms with Crippen molar-refractivity contribution in [2.45, 2.75) is 32.4 Å². The smallest absolute Gasteiger partial charge is 0.317 e. The zero-order valence-corrected chi connectivity index (χ0v) is 9.98. The van der Waals surface area contributed by atoms with Crippen LogP contribution >= 0.6 is 0 Å². The molecule has 0 atom stereocenters. The van der Waals surface area contributed by atoms with Crippen molar-refractivity contribution in [2.24, 2.45) is 0 Å². The fraction of sp³-hybridized carbons (Fsp3) is 0.538. The zero-order valence-electron chi connectivity index (χ0n) is 9.98. The van der Waals surface area contributed by atoms with Crippen LogP contribution < -0.4 is 5.32 Å². The average molecular weight is 245 g/mol. The highest BCUT2D eigenvalue weighted by Gasteiger charge is 2.30. The lowest BCUT2D eigenvalue weighted by molar-refractivity contribution is -0.137.